The number of carbonyl (C=O) groups is 1. The Bertz CT molecular complexity index is 1030. The SMILES string of the molecule is CCC(O)c1ccc(Oc2ccc(NC(=O)c3ccc(Cl)c(Cl)c3)cc2F)cc1. The predicted octanol–water partition coefficient (Wildman–Crippen LogP) is 6.62. The number of benzene rings is 3. The third-order valence-electron chi connectivity index (χ3n) is 4.25. The van der Waals surface area contributed by atoms with Crippen LogP contribution in [0.2, 0.25) is 10.0 Å². The second-order valence-corrected chi connectivity index (χ2v) is 7.14. The highest BCUT2D eigenvalue weighted by atomic mass is 35.5. The summed E-state index contributed by atoms with van der Waals surface area (Å²) in [6, 6.07) is 15.4. The molecule has 0 bridgehead atoms. The molecule has 0 heterocycles. The first-order valence-corrected chi connectivity index (χ1v) is 9.64. The van der Waals surface area contributed by atoms with Crippen molar-refractivity contribution in [2.45, 2.75) is 19.4 Å². The zero-order chi connectivity index (χ0) is 21.0. The average molecular weight is 434 g/mol. The maximum absolute atomic E-state index is 14.4. The lowest BCUT2D eigenvalue weighted by Crippen LogP contribution is -2.12. The molecule has 7 heteroatoms. The summed E-state index contributed by atoms with van der Waals surface area (Å²) in [6.07, 6.45) is 0.0590. The predicted molar refractivity (Wildman–Crippen MR) is 113 cm³/mol. The van der Waals surface area contributed by atoms with Crippen LogP contribution < -0.4 is 10.1 Å². The Balaban J connectivity index is 1.69. The monoisotopic (exact) mass is 433 g/mol. The maximum Gasteiger partial charge on any atom is 0.255 e. The molecule has 3 aromatic rings. The van der Waals surface area contributed by atoms with E-state index in [4.69, 9.17) is 27.9 Å². The van der Waals surface area contributed by atoms with Gasteiger partial charge in [-0.25, -0.2) is 4.39 Å². The summed E-state index contributed by atoms with van der Waals surface area (Å²) >= 11 is 11.8. The molecule has 0 aromatic heterocycles. The molecule has 1 unspecified atom stereocenters. The Morgan fingerprint density at radius 3 is 2.41 bits per heavy atom. The van der Waals surface area contributed by atoms with E-state index in [0.29, 0.717) is 22.8 Å². The largest absolute Gasteiger partial charge is 0.454 e. The van der Waals surface area contributed by atoms with Crippen LogP contribution in [0.25, 0.3) is 0 Å². The first-order valence-electron chi connectivity index (χ1n) is 8.89. The van der Waals surface area contributed by atoms with Crippen LogP contribution in [0, 0.1) is 5.82 Å². The molecule has 3 aromatic carbocycles. The van der Waals surface area contributed by atoms with Crippen molar-refractivity contribution < 1.29 is 19.0 Å². The number of anilines is 1. The van der Waals surface area contributed by atoms with Crippen molar-refractivity contribution in [2.75, 3.05) is 5.32 Å². The molecule has 0 saturated heterocycles. The van der Waals surface area contributed by atoms with Gasteiger partial charge in [-0.3, -0.25) is 4.79 Å². The molecule has 150 valence electrons. The van der Waals surface area contributed by atoms with E-state index < -0.39 is 17.8 Å². The molecular formula is C22H18Cl2FNO3. The van der Waals surface area contributed by atoms with Crippen molar-refractivity contribution >= 4 is 34.8 Å². The maximum atomic E-state index is 14.4. The van der Waals surface area contributed by atoms with Gasteiger partial charge in [-0.05, 0) is 54.4 Å². The minimum atomic E-state index is -0.630. The van der Waals surface area contributed by atoms with Crippen LogP contribution in [-0.2, 0) is 0 Å². The van der Waals surface area contributed by atoms with Crippen molar-refractivity contribution in [3.63, 3.8) is 0 Å². The van der Waals surface area contributed by atoms with Gasteiger partial charge < -0.3 is 15.2 Å². The summed E-state index contributed by atoms with van der Waals surface area (Å²) in [7, 11) is 0. The van der Waals surface area contributed by atoms with Crippen LogP contribution >= 0.6 is 23.2 Å². The third kappa shape index (κ3) is 5.26. The molecular weight excluding hydrogens is 416 g/mol. The zero-order valence-electron chi connectivity index (χ0n) is 15.5. The van der Waals surface area contributed by atoms with E-state index >= 15 is 0 Å². The Morgan fingerprint density at radius 1 is 1.07 bits per heavy atom. The van der Waals surface area contributed by atoms with Crippen LogP contribution in [0.1, 0.15) is 35.4 Å². The molecule has 29 heavy (non-hydrogen) atoms. The summed E-state index contributed by atoms with van der Waals surface area (Å²) in [5.74, 6) is -0.624. The third-order valence-corrected chi connectivity index (χ3v) is 4.99. The minimum absolute atomic E-state index is 0.0151. The average Bonchev–Trinajstić information content (AvgIpc) is 2.72. The molecule has 2 N–H and O–H groups in total. The Labute approximate surface area is 177 Å². The Kier molecular flexibility index (Phi) is 6.75. The van der Waals surface area contributed by atoms with Gasteiger partial charge in [0.1, 0.15) is 5.75 Å². The van der Waals surface area contributed by atoms with E-state index in [0.717, 1.165) is 5.56 Å². The summed E-state index contributed by atoms with van der Waals surface area (Å²) in [6.45, 7) is 1.88. The van der Waals surface area contributed by atoms with Crippen LogP contribution in [0.15, 0.2) is 60.7 Å². The lowest BCUT2D eigenvalue weighted by atomic mass is 10.1. The summed E-state index contributed by atoms with van der Waals surface area (Å²) < 4.78 is 20.0. The number of hydrogen-bond donors (Lipinski definition) is 2. The van der Waals surface area contributed by atoms with Crippen molar-refractivity contribution in [3.8, 4) is 11.5 Å². The van der Waals surface area contributed by atoms with Gasteiger partial charge >= 0.3 is 0 Å². The molecule has 0 aliphatic rings. The molecule has 1 amide bonds. The van der Waals surface area contributed by atoms with E-state index in [1.807, 2.05) is 6.92 Å². The number of ether oxygens (including phenoxy) is 1. The van der Waals surface area contributed by atoms with Gasteiger partial charge in [0, 0.05) is 17.3 Å². The van der Waals surface area contributed by atoms with Crippen molar-refractivity contribution in [1.29, 1.82) is 0 Å². The summed E-state index contributed by atoms with van der Waals surface area (Å²) in [5.41, 5.74) is 1.34. The Morgan fingerprint density at radius 2 is 1.79 bits per heavy atom. The van der Waals surface area contributed by atoms with Gasteiger partial charge in [0.05, 0.1) is 16.1 Å². The second-order valence-electron chi connectivity index (χ2n) is 6.32. The van der Waals surface area contributed by atoms with Crippen LogP contribution in [-0.4, -0.2) is 11.0 Å². The van der Waals surface area contributed by atoms with Gasteiger partial charge in [-0.1, -0.05) is 42.3 Å². The Hall–Kier alpha value is -2.60. The summed E-state index contributed by atoms with van der Waals surface area (Å²) in [5, 5.41) is 13.0. The number of aliphatic hydroxyl groups is 1. The quantitative estimate of drug-likeness (QED) is 0.458. The molecule has 0 radical (unpaired) electrons. The molecule has 4 nitrogen and oxygen atoms in total. The number of amides is 1. The summed E-state index contributed by atoms with van der Waals surface area (Å²) in [4.78, 5) is 12.3. The number of nitrogens with one attached hydrogen (secondary N) is 1. The van der Waals surface area contributed by atoms with Crippen LogP contribution in [0.5, 0.6) is 11.5 Å². The zero-order valence-corrected chi connectivity index (χ0v) is 17.0. The fourth-order valence-electron chi connectivity index (χ4n) is 2.62. The lowest BCUT2D eigenvalue weighted by molar-refractivity contribution is 0.102. The van der Waals surface area contributed by atoms with Gasteiger partial charge in [0.15, 0.2) is 11.6 Å². The van der Waals surface area contributed by atoms with Crippen molar-refractivity contribution in [1.82, 2.24) is 0 Å². The molecule has 0 fully saturated rings. The molecule has 0 saturated carbocycles. The number of rotatable bonds is 6. The van der Waals surface area contributed by atoms with Crippen molar-refractivity contribution in [2.24, 2.45) is 0 Å². The molecule has 0 aliphatic heterocycles. The van der Waals surface area contributed by atoms with E-state index in [9.17, 15) is 14.3 Å². The number of aliphatic hydroxyl groups excluding tert-OH is 1. The van der Waals surface area contributed by atoms with Gasteiger partial charge in [0.2, 0.25) is 0 Å². The fraction of sp³-hybridized carbons (Fsp3) is 0.136. The standard InChI is InChI=1S/C22H18Cl2FNO3/c1-2-20(27)13-3-7-16(8-4-13)29-21-10-6-15(12-19(21)25)26-22(28)14-5-9-17(23)18(24)11-14/h3-12,20,27H,2H2,1H3,(H,26,28). The molecule has 1 atom stereocenters. The number of halogens is 3. The number of hydrogen-bond acceptors (Lipinski definition) is 3. The first-order chi connectivity index (χ1) is 13.9. The van der Waals surface area contributed by atoms with E-state index in [-0.39, 0.29) is 16.5 Å². The van der Waals surface area contributed by atoms with Crippen LogP contribution in [0.3, 0.4) is 0 Å². The fourth-order valence-corrected chi connectivity index (χ4v) is 2.92. The van der Waals surface area contributed by atoms with Crippen LogP contribution in [0.4, 0.5) is 10.1 Å². The molecule has 0 aliphatic carbocycles. The number of carbonyl (C=O) groups excluding carboxylic acids is 1. The van der Waals surface area contributed by atoms with E-state index in [1.54, 1.807) is 24.3 Å². The van der Waals surface area contributed by atoms with Gasteiger partial charge in [-0.2, -0.15) is 0 Å². The van der Waals surface area contributed by atoms with E-state index in [1.165, 1.54) is 36.4 Å². The lowest BCUT2D eigenvalue weighted by Gasteiger charge is -2.11. The molecule has 3 rings (SSSR count). The normalized spacial score (nSPS) is 11.8. The highest BCUT2D eigenvalue weighted by Gasteiger charge is 2.12. The first kappa shape index (κ1) is 21.1. The van der Waals surface area contributed by atoms with Gasteiger partial charge in [0.25, 0.3) is 5.91 Å². The smallest absolute Gasteiger partial charge is 0.255 e. The highest BCUT2D eigenvalue weighted by Crippen LogP contribution is 2.29. The minimum Gasteiger partial charge on any atom is -0.454 e. The topological polar surface area (TPSA) is 58.6 Å². The highest BCUT2D eigenvalue weighted by molar-refractivity contribution is 6.42. The molecule has 0 spiro atoms. The van der Waals surface area contributed by atoms with Crippen molar-refractivity contribution in [3.05, 3.63) is 87.7 Å². The second kappa shape index (κ2) is 9.27. The van der Waals surface area contributed by atoms with E-state index in [2.05, 4.69) is 5.32 Å². The van der Waals surface area contributed by atoms with Gasteiger partial charge in [-0.15, -0.1) is 0 Å².